The summed E-state index contributed by atoms with van der Waals surface area (Å²) in [7, 11) is 4.35. The average molecular weight is 305 g/mol. The molecule has 7 heteroatoms. The Balaban J connectivity index is 2.91. The van der Waals surface area contributed by atoms with Gasteiger partial charge in [0.2, 0.25) is 0 Å². The molecule has 0 radical (unpaired) electrons. The van der Waals surface area contributed by atoms with Crippen LogP contribution >= 0.6 is 0 Å². The van der Waals surface area contributed by atoms with Gasteiger partial charge in [-0.05, 0) is 18.2 Å². The van der Waals surface area contributed by atoms with E-state index in [4.69, 9.17) is 14.2 Å². The second-order valence-electron chi connectivity index (χ2n) is 4.41. The van der Waals surface area contributed by atoms with Gasteiger partial charge in [0.15, 0.2) is 5.78 Å². The Labute approximate surface area is 126 Å². The molecular weight excluding hydrogens is 290 g/mol. The number of ketones is 1. The van der Waals surface area contributed by atoms with Crippen molar-refractivity contribution < 1.29 is 24.1 Å². The second-order valence-corrected chi connectivity index (χ2v) is 4.41. The van der Waals surface area contributed by atoms with Crippen molar-refractivity contribution in [2.24, 2.45) is 5.18 Å². The van der Waals surface area contributed by atoms with Crippen LogP contribution in [0.25, 0.3) is 10.8 Å². The van der Waals surface area contributed by atoms with Crippen LogP contribution in [0.1, 0.15) is 10.4 Å². The van der Waals surface area contributed by atoms with E-state index in [1.54, 1.807) is 12.1 Å². The number of methoxy groups -OCH3 is 3. The summed E-state index contributed by atoms with van der Waals surface area (Å²) in [6, 6.07) is 4.62. The van der Waals surface area contributed by atoms with E-state index >= 15 is 0 Å². The van der Waals surface area contributed by atoms with E-state index in [2.05, 4.69) is 5.18 Å². The van der Waals surface area contributed by atoms with E-state index in [1.807, 2.05) is 0 Å². The number of phenols is 1. The van der Waals surface area contributed by atoms with Gasteiger partial charge in [-0.3, -0.25) is 4.79 Å². The van der Waals surface area contributed by atoms with Crippen molar-refractivity contribution in [1.82, 2.24) is 0 Å². The quantitative estimate of drug-likeness (QED) is 0.651. The molecule has 0 aliphatic rings. The summed E-state index contributed by atoms with van der Waals surface area (Å²) in [5.74, 6) is 0.200. The first-order valence-electron chi connectivity index (χ1n) is 6.36. The van der Waals surface area contributed by atoms with Crippen LogP contribution in [0.4, 0.5) is 0 Å². The topological polar surface area (TPSA) is 94.4 Å². The maximum Gasteiger partial charge on any atom is 0.191 e. The van der Waals surface area contributed by atoms with Gasteiger partial charge in [0, 0.05) is 0 Å². The number of nitrogens with zero attached hydrogens (tertiary/aromatic N) is 1. The predicted molar refractivity (Wildman–Crippen MR) is 80.3 cm³/mol. The zero-order valence-corrected chi connectivity index (χ0v) is 12.4. The number of carbonyl (C=O) groups excluding carboxylic acids is 1. The van der Waals surface area contributed by atoms with Crippen LogP contribution in [0.3, 0.4) is 0 Å². The minimum Gasteiger partial charge on any atom is -0.506 e. The Morgan fingerprint density at radius 1 is 1.05 bits per heavy atom. The second kappa shape index (κ2) is 6.30. The molecule has 0 unspecified atom stereocenters. The minimum absolute atomic E-state index is 0.0597. The van der Waals surface area contributed by atoms with Crippen LogP contribution in [-0.4, -0.2) is 38.8 Å². The number of rotatable bonds is 6. The predicted octanol–water partition coefficient (Wildman–Crippen LogP) is 2.52. The van der Waals surface area contributed by atoms with Gasteiger partial charge in [-0.2, -0.15) is 4.91 Å². The number of carbonyl (C=O) groups is 1. The molecule has 0 atom stereocenters. The fourth-order valence-electron chi connectivity index (χ4n) is 2.31. The molecule has 2 aromatic carbocycles. The van der Waals surface area contributed by atoms with Gasteiger partial charge in [-0.15, -0.1) is 0 Å². The van der Waals surface area contributed by atoms with Gasteiger partial charge in [0.25, 0.3) is 0 Å². The molecule has 0 spiro atoms. The van der Waals surface area contributed by atoms with Gasteiger partial charge in [0.1, 0.15) is 29.5 Å². The maximum atomic E-state index is 12.0. The summed E-state index contributed by atoms with van der Waals surface area (Å²) < 4.78 is 15.8. The highest BCUT2D eigenvalue weighted by Gasteiger charge is 2.23. The number of nitroso groups, excluding NO2 is 1. The third kappa shape index (κ3) is 2.41. The fraction of sp³-hybridized carbons (Fsp3) is 0.267. The van der Waals surface area contributed by atoms with Gasteiger partial charge >= 0.3 is 0 Å². The number of ether oxygens (including phenoxy) is 3. The standard InChI is InChI=1S/C15H15NO6/c1-20-10-4-5-11(21-2)14-13(10)12(22-3)6-8(15(14)18)9(17)7-16-19/h4-6,18H,7H2,1-3H3. The minimum atomic E-state index is -0.613. The first-order valence-corrected chi connectivity index (χ1v) is 6.36. The summed E-state index contributed by atoms with van der Waals surface area (Å²) in [6.07, 6.45) is 0. The third-order valence-electron chi connectivity index (χ3n) is 3.31. The number of hydrogen-bond donors (Lipinski definition) is 1. The Bertz CT molecular complexity index is 741. The Morgan fingerprint density at radius 2 is 1.59 bits per heavy atom. The molecule has 0 aliphatic heterocycles. The van der Waals surface area contributed by atoms with Crippen LogP contribution in [0.5, 0.6) is 23.0 Å². The highest BCUT2D eigenvalue weighted by atomic mass is 16.5. The fourth-order valence-corrected chi connectivity index (χ4v) is 2.31. The Morgan fingerprint density at radius 3 is 2.09 bits per heavy atom. The molecule has 0 aromatic heterocycles. The maximum absolute atomic E-state index is 12.0. The van der Waals surface area contributed by atoms with Crippen LogP contribution < -0.4 is 14.2 Å². The van der Waals surface area contributed by atoms with E-state index in [9.17, 15) is 14.8 Å². The highest BCUT2D eigenvalue weighted by molar-refractivity contribution is 6.10. The van der Waals surface area contributed by atoms with Crippen molar-refractivity contribution in [2.75, 3.05) is 27.9 Å². The molecule has 0 aliphatic carbocycles. The molecule has 1 N–H and O–H groups in total. The molecule has 0 fully saturated rings. The van der Waals surface area contributed by atoms with Crippen LogP contribution in [0, 0.1) is 4.91 Å². The van der Waals surface area contributed by atoms with Gasteiger partial charge < -0.3 is 19.3 Å². The molecule has 0 bridgehead atoms. The molecule has 0 heterocycles. The number of phenolic OH excluding ortho intramolecular Hbond substituents is 1. The molecule has 116 valence electrons. The summed E-state index contributed by atoms with van der Waals surface area (Å²) >= 11 is 0. The van der Waals surface area contributed by atoms with Crippen molar-refractivity contribution in [3.05, 3.63) is 28.7 Å². The van der Waals surface area contributed by atoms with Gasteiger partial charge in [-0.25, -0.2) is 0 Å². The van der Waals surface area contributed by atoms with Crippen LogP contribution in [0.2, 0.25) is 0 Å². The molecule has 0 saturated carbocycles. The zero-order chi connectivity index (χ0) is 16.3. The van der Waals surface area contributed by atoms with Crippen LogP contribution in [0.15, 0.2) is 23.4 Å². The number of Topliss-reactive ketones (excluding diaryl/α,β-unsaturated/α-hetero) is 1. The summed E-state index contributed by atoms with van der Waals surface area (Å²) in [5, 5.41) is 13.7. The lowest BCUT2D eigenvalue weighted by Gasteiger charge is -2.16. The molecule has 2 aromatic rings. The van der Waals surface area contributed by atoms with Gasteiger partial charge in [0.05, 0.1) is 37.7 Å². The molecule has 7 nitrogen and oxygen atoms in total. The average Bonchev–Trinajstić information content (AvgIpc) is 2.54. The lowest BCUT2D eigenvalue weighted by molar-refractivity contribution is 0.0999. The number of hydrogen-bond acceptors (Lipinski definition) is 7. The molecule has 2 rings (SSSR count). The Hall–Kier alpha value is -2.83. The number of aromatic hydroxyl groups is 1. The van der Waals surface area contributed by atoms with Crippen molar-refractivity contribution in [3.63, 3.8) is 0 Å². The van der Waals surface area contributed by atoms with Crippen molar-refractivity contribution in [3.8, 4) is 23.0 Å². The highest BCUT2D eigenvalue weighted by Crippen LogP contribution is 2.45. The van der Waals surface area contributed by atoms with Crippen molar-refractivity contribution in [2.45, 2.75) is 0 Å². The summed E-state index contributed by atoms with van der Waals surface area (Å²) in [6.45, 7) is -0.575. The largest absolute Gasteiger partial charge is 0.506 e. The van der Waals surface area contributed by atoms with Gasteiger partial charge in [-0.1, -0.05) is 5.18 Å². The molecule has 0 saturated heterocycles. The molecule has 22 heavy (non-hydrogen) atoms. The van der Waals surface area contributed by atoms with E-state index in [1.165, 1.54) is 27.4 Å². The summed E-state index contributed by atoms with van der Waals surface area (Å²) in [4.78, 5) is 22.3. The first-order chi connectivity index (χ1) is 10.6. The van der Waals surface area contributed by atoms with Crippen LogP contribution in [-0.2, 0) is 0 Å². The smallest absolute Gasteiger partial charge is 0.191 e. The van der Waals surface area contributed by atoms with Crippen molar-refractivity contribution in [1.29, 1.82) is 0 Å². The lowest BCUT2D eigenvalue weighted by Crippen LogP contribution is -2.05. The van der Waals surface area contributed by atoms with E-state index in [0.29, 0.717) is 22.6 Å². The number of fused-ring (bicyclic) bond motifs is 1. The lowest BCUT2D eigenvalue weighted by atomic mass is 9.99. The first kappa shape index (κ1) is 15.6. The Kier molecular flexibility index (Phi) is 4.45. The van der Waals surface area contributed by atoms with Crippen molar-refractivity contribution >= 4 is 16.6 Å². The summed E-state index contributed by atoms with van der Waals surface area (Å²) in [5.41, 5.74) is -0.0597. The third-order valence-corrected chi connectivity index (χ3v) is 3.31. The number of benzene rings is 2. The monoisotopic (exact) mass is 305 g/mol. The van der Waals surface area contributed by atoms with E-state index in [-0.39, 0.29) is 16.7 Å². The van der Waals surface area contributed by atoms with E-state index < -0.39 is 12.3 Å². The normalized spacial score (nSPS) is 10.3. The molecular formula is C15H15NO6. The molecule has 0 amide bonds. The zero-order valence-electron chi connectivity index (χ0n) is 12.4. The SMILES string of the molecule is COc1ccc(OC)c2c(O)c(C(=O)CN=O)cc(OC)c12. The van der Waals surface area contributed by atoms with E-state index in [0.717, 1.165) is 0 Å².